The van der Waals surface area contributed by atoms with Crippen molar-refractivity contribution in [1.29, 1.82) is 0 Å². The fourth-order valence-electron chi connectivity index (χ4n) is 5.10. The summed E-state index contributed by atoms with van der Waals surface area (Å²) in [4.78, 5) is 2.79. The Balaban J connectivity index is 1.50. The molecule has 1 heterocycles. The second-order valence-electron chi connectivity index (χ2n) is 7.35. The predicted octanol–water partition coefficient (Wildman–Crippen LogP) is 4.08. The molecular weight excluding hydrogens is 258 g/mol. The van der Waals surface area contributed by atoms with Crippen molar-refractivity contribution in [2.75, 3.05) is 13.1 Å². The summed E-state index contributed by atoms with van der Waals surface area (Å²) in [6.45, 7) is 2.59. The predicted molar refractivity (Wildman–Crippen MR) is 85.7 cm³/mol. The molecule has 1 aromatic carbocycles. The van der Waals surface area contributed by atoms with Gasteiger partial charge in [0.15, 0.2) is 0 Å². The average Bonchev–Trinajstić information content (AvgIpc) is 2.92. The van der Waals surface area contributed by atoms with E-state index in [0.29, 0.717) is 11.7 Å². The van der Waals surface area contributed by atoms with Gasteiger partial charge in [-0.25, -0.2) is 0 Å². The number of phenols is 1. The van der Waals surface area contributed by atoms with Gasteiger partial charge in [0.2, 0.25) is 0 Å². The maximum absolute atomic E-state index is 10.1. The van der Waals surface area contributed by atoms with Crippen LogP contribution < -0.4 is 0 Å². The smallest absolute Gasteiger partial charge is 0.119 e. The van der Waals surface area contributed by atoms with Crippen LogP contribution in [-0.2, 0) is 6.42 Å². The highest BCUT2D eigenvalue weighted by Crippen LogP contribution is 2.44. The fraction of sp³-hybridized carbons (Fsp3) is 0.684. The minimum Gasteiger partial charge on any atom is -0.508 e. The zero-order valence-electron chi connectivity index (χ0n) is 12.9. The first-order valence-electron chi connectivity index (χ1n) is 8.88. The van der Waals surface area contributed by atoms with Crippen molar-refractivity contribution in [2.45, 2.75) is 63.3 Å². The maximum Gasteiger partial charge on any atom is 0.119 e. The monoisotopic (exact) mass is 285 g/mol. The summed E-state index contributed by atoms with van der Waals surface area (Å²) in [6, 6.07) is 6.88. The maximum atomic E-state index is 10.1. The van der Waals surface area contributed by atoms with Gasteiger partial charge in [-0.15, -0.1) is 0 Å². The molecule has 2 unspecified atom stereocenters. The normalized spacial score (nSPS) is 30.1. The van der Waals surface area contributed by atoms with Gasteiger partial charge in [-0.3, -0.25) is 4.90 Å². The lowest BCUT2D eigenvalue weighted by molar-refractivity contribution is 0.172. The second-order valence-corrected chi connectivity index (χ2v) is 7.35. The molecule has 3 aliphatic rings. The summed E-state index contributed by atoms with van der Waals surface area (Å²) in [5.41, 5.74) is 2.68. The molecular formula is C19H27NO. The van der Waals surface area contributed by atoms with Gasteiger partial charge >= 0.3 is 0 Å². The fourth-order valence-corrected chi connectivity index (χ4v) is 5.10. The van der Waals surface area contributed by atoms with Crippen molar-refractivity contribution >= 4 is 0 Å². The van der Waals surface area contributed by atoms with Crippen LogP contribution in [0.2, 0.25) is 0 Å². The first kappa shape index (κ1) is 13.6. The molecule has 114 valence electrons. The van der Waals surface area contributed by atoms with Crippen LogP contribution in [0.1, 0.15) is 62.0 Å². The Labute approximate surface area is 128 Å². The van der Waals surface area contributed by atoms with E-state index in [1.54, 1.807) is 0 Å². The molecule has 2 aliphatic carbocycles. The minimum atomic E-state index is 0.525. The minimum absolute atomic E-state index is 0.525. The van der Waals surface area contributed by atoms with E-state index >= 15 is 0 Å². The third-order valence-corrected chi connectivity index (χ3v) is 6.16. The molecule has 4 rings (SSSR count). The van der Waals surface area contributed by atoms with Crippen LogP contribution in [0, 0.1) is 5.92 Å². The molecule has 1 aromatic rings. The highest BCUT2D eigenvalue weighted by molar-refractivity contribution is 5.44. The van der Waals surface area contributed by atoms with E-state index in [-0.39, 0.29) is 0 Å². The molecule has 0 aromatic heterocycles. The lowest BCUT2D eigenvalue weighted by Crippen LogP contribution is -2.38. The molecule has 0 radical (unpaired) electrons. The quantitative estimate of drug-likeness (QED) is 0.885. The van der Waals surface area contributed by atoms with Crippen LogP contribution in [0.5, 0.6) is 5.75 Å². The number of likely N-dealkylation sites (tertiary alicyclic amines) is 1. The van der Waals surface area contributed by atoms with E-state index in [0.717, 1.165) is 18.4 Å². The highest BCUT2D eigenvalue weighted by atomic mass is 16.3. The van der Waals surface area contributed by atoms with Gasteiger partial charge in [0.25, 0.3) is 0 Å². The molecule has 0 spiro atoms. The van der Waals surface area contributed by atoms with Gasteiger partial charge in [-0.2, -0.15) is 0 Å². The van der Waals surface area contributed by atoms with Crippen LogP contribution >= 0.6 is 0 Å². The van der Waals surface area contributed by atoms with Crippen molar-refractivity contribution in [3.8, 4) is 5.75 Å². The van der Waals surface area contributed by atoms with Gasteiger partial charge in [-0.05, 0) is 61.8 Å². The Kier molecular flexibility index (Phi) is 3.66. The molecule has 1 saturated heterocycles. The van der Waals surface area contributed by atoms with E-state index < -0.39 is 0 Å². The van der Waals surface area contributed by atoms with E-state index in [9.17, 15) is 5.11 Å². The van der Waals surface area contributed by atoms with Crippen LogP contribution in [0.15, 0.2) is 18.2 Å². The van der Waals surface area contributed by atoms with Gasteiger partial charge in [0.1, 0.15) is 5.75 Å². The summed E-state index contributed by atoms with van der Waals surface area (Å²) in [5.74, 6) is 2.14. The zero-order valence-corrected chi connectivity index (χ0v) is 12.9. The number of aromatic hydroxyl groups is 1. The van der Waals surface area contributed by atoms with E-state index in [2.05, 4.69) is 11.0 Å². The van der Waals surface area contributed by atoms with Crippen LogP contribution in [0.3, 0.4) is 0 Å². The number of rotatable bonds is 2. The number of fused-ring (bicyclic) bond motifs is 3. The Bertz CT molecular complexity index is 506. The van der Waals surface area contributed by atoms with Gasteiger partial charge in [-0.1, -0.05) is 31.4 Å². The molecule has 1 aliphatic heterocycles. The summed E-state index contributed by atoms with van der Waals surface area (Å²) >= 11 is 0. The molecule has 21 heavy (non-hydrogen) atoms. The number of phenolic OH excluding ortho intramolecular Hbond substituents is 1. The first-order valence-corrected chi connectivity index (χ1v) is 8.88. The Morgan fingerprint density at radius 1 is 1.05 bits per heavy atom. The lowest BCUT2D eigenvalue weighted by Gasteiger charge is -2.36. The Hall–Kier alpha value is -1.02. The summed E-state index contributed by atoms with van der Waals surface area (Å²) in [7, 11) is 0. The topological polar surface area (TPSA) is 23.5 Å². The summed E-state index contributed by atoms with van der Waals surface area (Å²) < 4.78 is 0. The van der Waals surface area contributed by atoms with Gasteiger partial charge < -0.3 is 5.11 Å². The van der Waals surface area contributed by atoms with Crippen LogP contribution in [0.4, 0.5) is 0 Å². The second kappa shape index (κ2) is 5.64. The molecule has 2 fully saturated rings. The molecule has 2 nitrogen and oxygen atoms in total. The molecule has 1 saturated carbocycles. The molecule has 0 amide bonds. The Morgan fingerprint density at radius 3 is 2.76 bits per heavy atom. The number of benzene rings is 1. The Morgan fingerprint density at radius 2 is 1.90 bits per heavy atom. The van der Waals surface area contributed by atoms with E-state index in [4.69, 9.17) is 0 Å². The van der Waals surface area contributed by atoms with Gasteiger partial charge in [0, 0.05) is 18.5 Å². The highest BCUT2D eigenvalue weighted by Gasteiger charge is 2.39. The van der Waals surface area contributed by atoms with Crippen molar-refractivity contribution in [1.82, 2.24) is 4.90 Å². The third-order valence-electron chi connectivity index (χ3n) is 6.16. The summed E-state index contributed by atoms with van der Waals surface area (Å²) in [5, 5.41) is 10.1. The van der Waals surface area contributed by atoms with E-state index in [1.807, 2.05) is 12.1 Å². The largest absolute Gasteiger partial charge is 0.508 e. The van der Waals surface area contributed by atoms with Crippen molar-refractivity contribution in [3.63, 3.8) is 0 Å². The zero-order chi connectivity index (χ0) is 14.2. The van der Waals surface area contributed by atoms with Crippen molar-refractivity contribution in [2.24, 2.45) is 5.92 Å². The van der Waals surface area contributed by atoms with Crippen molar-refractivity contribution < 1.29 is 5.11 Å². The molecule has 1 N–H and O–H groups in total. The van der Waals surface area contributed by atoms with Gasteiger partial charge in [0.05, 0.1) is 0 Å². The lowest BCUT2D eigenvalue weighted by atomic mass is 9.79. The standard InChI is InChI=1S/C19H27NO/c21-19-8-4-7-15-16-11-12-20(18(16)10-9-17(15)19)13-14-5-2-1-3-6-14/h4,7-8,14,16,18,21H,1-3,5-6,9-13H2. The number of hydrogen-bond donors (Lipinski definition) is 1. The first-order chi connectivity index (χ1) is 10.3. The third kappa shape index (κ3) is 2.48. The molecule has 2 heteroatoms. The van der Waals surface area contributed by atoms with E-state index in [1.165, 1.54) is 69.2 Å². The van der Waals surface area contributed by atoms with Crippen LogP contribution in [0.25, 0.3) is 0 Å². The average molecular weight is 285 g/mol. The van der Waals surface area contributed by atoms with Crippen molar-refractivity contribution in [3.05, 3.63) is 29.3 Å². The SMILES string of the molecule is Oc1cccc2c1CCC1C2CCN1CC1CCCCC1. The number of hydrogen-bond acceptors (Lipinski definition) is 2. The van der Waals surface area contributed by atoms with Crippen LogP contribution in [-0.4, -0.2) is 29.1 Å². The molecule has 0 bridgehead atoms. The number of nitrogens with zero attached hydrogens (tertiary/aromatic N) is 1. The summed E-state index contributed by atoms with van der Waals surface area (Å²) in [6.07, 6.45) is 10.8. The molecule has 2 atom stereocenters.